The fraction of sp³-hybridized carbons (Fsp3) is 0.353. The molecule has 0 saturated carbocycles. The largest absolute Gasteiger partial charge is 0.508 e. The second kappa shape index (κ2) is 8.01. The van der Waals surface area contributed by atoms with Gasteiger partial charge >= 0.3 is 0 Å². The molecule has 0 aliphatic heterocycles. The minimum absolute atomic E-state index is 0.124. The van der Waals surface area contributed by atoms with E-state index < -0.39 is 17.3 Å². The molecule has 0 unspecified atom stereocenters. The molecule has 112 valence electrons. The summed E-state index contributed by atoms with van der Waals surface area (Å²) in [7, 11) is 0. The highest BCUT2D eigenvalue weighted by Gasteiger charge is 2.17. The molecule has 0 saturated heterocycles. The smallest absolute Gasteiger partial charge is 0.198 e. The Morgan fingerprint density at radius 3 is 2.57 bits per heavy atom. The maximum Gasteiger partial charge on any atom is 0.198 e. The van der Waals surface area contributed by atoms with Crippen LogP contribution in [0.3, 0.4) is 0 Å². The zero-order valence-electron chi connectivity index (χ0n) is 12.3. The number of hydrogen-bond donors (Lipinski definition) is 3. The van der Waals surface area contributed by atoms with Crippen LogP contribution in [-0.4, -0.2) is 21.1 Å². The van der Waals surface area contributed by atoms with Gasteiger partial charge in [-0.15, -0.1) is 0 Å². The molecule has 1 aromatic carbocycles. The SMILES string of the molecule is CCCCCC=C=C=CC(=O)c1cc(O)c(C)c(O)c1O. The van der Waals surface area contributed by atoms with Crippen LogP contribution in [0.1, 0.15) is 48.5 Å². The number of unbranched alkanes of at least 4 members (excludes halogenated alkanes) is 3. The summed E-state index contributed by atoms with van der Waals surface area (Å²) in [6.45, 7) is 3.56. The highest BCUT2D eigenvalue weighted by molar-refractivity contribution is 6.07. The molecular formula is C17H20O4. The number of ketones is 1. The topological polar surface area (TPSA) is 77.8 Å². The molecular weight excluding hydrogens is 268 g/mol. The van der Waals surface area contributed by atoms with Crippen LogP contribution in [0.2, 0.25) is 0 Å². The number of allylic oxidation sites excluding steroid dienone is 2. The first-order valence-electron chi connectivity index (χ1n) is 6.93. The highest BCUT2D eigenvalue weighted by Crippen LogP contribution is 2.38. The van der Waals surface area contributed by atoms with Gasteiger partial charge in [0.2, 0.25) is 0 Å². The normalized spacial score (nSPS) is 9.62. The molecule has 3 N–H and O–H groups in total. The van der Waals surface area contributed by atoms with Crippen LogP contribution < -0.4 is 0 Å². The average molecular weight is 288 g/mol. The van der Waals surface area contributed by atoms with Gasteiger partial charge in [-0.3, -0.25) is 4.79 Å². The van der Waals surface area contributed by atoms with Crippen molar-refractivity contribution in [2.45, 2.75) is 39.5 Å². The van der Waals surface area contributed by atoms with Crippen LogP contribution in [-0.2, 0) is 0 Å². The number of hydrogen-bond acceptors (Lipinski definition) is 4. The van der Waals surface area contributed by atoms with Gasteiger partial charge in [0.05, 0.1) is 5.56 Å². The lowest BCUT2D eigenvalue weighted by atomic mass is 10.0. The van der Waals surface area contributed by atoms with Crippen LogP contribution in [0.25, 0.3) is 0 Å². The molecule has 0 aromatic heterocycles. The lowest BCUT2D eigenvalue weighted by molar-refractivity contribution is 0.104. The van der Waals surface area contributed by atoms with Gasteiger partial charge in [0, 0.05) is 11.6 Å². The van der Waals surface area contributed by atoms with Gasteiger partial charge in [-0.1, -0.05) is 31.2 Å². The van der Waals surface area contributed by atoms with E-state index >= 15 is 0 Å². The molecule has 0 heterocycles. The number of phenols is 3. The first kappa shape index (κ1) is 16.6. The van der Waals surface area contributed by atoms with Gasteiger partial charge in [-0.25, -0.2) is 0 Å². The predicted molar refractivity (Wildman–Crippen MR) is 80.8 cm³/mol. The third-order valence-electron chi connectivity index (χ3n) is 3.11. The van der Waals surface area contributed by atoms with Crippen molar-refractivity contribution < 1.29 is 20.1 Å². The molecule has 0 radical (unpaired) electrons. The van der Waals surface area contributed by atoms with Crippen LogP contribution >= 0.6 is 0 Å². The summed E-state index contributed by atoms with van der Waals surface area (Å²) >= 11 is 0. The third-order valence-corrected chi connectivity index (χ3v) is 3.11. The van der Waals surface area contributed by atoms with Crippen LogP contribution in [0.15, 0.2) is 29.7 Å². The van der Waals surface area contributed by atoms with Gasteiger partial charge in [0.15, 0.2) is 17.3 Å². The van der Waals surface area contributed by atoms with Crippen molar-refractivity contribution >= 4 is 5.78 Å². The van der Waals surface area contributed by atoms with Crippen LogP contribution in [0.4, 0.5) is 0 Å². The number of phenolic OH excluding ortho intramolecular Hbond substituents is 3. The van der Waals surface area contributed by atoms with Gasteiger partial charge in [-0.2, -0.15) is 0 Å². The number of rotatable bonds is 6. The third kappa shape index (κ3) is 4.57. The zero-order valence-corrected chi connectivity index (χ0v) is 12.3. The van der Waals surface area contributed by atoms with E-state index in [0.29, 0.717) is 0 Å². The Balaban J connectivity index is 2.88. The van der Waals surface area contributed by atoms with Gasteiger partial charge in [0.1, 0.15) is 5.75 Å². The van der Waals surface area contributed by atoms with Gasteiger partial charge < -0.3 is 15.3 Å². The fourth-order valence-electron chi connectivity index (χ4n) is 1.74. The molecule has 0 bridgehead atoms. The summed E-state index contributed by atoms with van der Waals surface area (Å²) in [5, 5.41) is 28.9. The standard InChI is InChI=1S/C17H20O4/c1-3-4-5-6-7-8-9-10-14(18)13-11-15(19)12(2)16(20)17(13)21/h7,10-11,19-21H,3-6H2,1-2H3. The Bertz CT molecular complexity index is 616. The Hall–Kier alpha value is -2.41. The summed E-state index contributed by atoms with van der Waals surface area (Å²) in [4.78, 5) is 11.9. The Labute approximate surface area is 124 Å². The molecule has 4 heteroatoms. The van der Waals surface area contributed by atoms with Crippen molar-refractivity contribution in [1.29, 1.82) is 0 Å². The van der Waals surface area contributed by atoms with Crippen molar-refractivity contribution in [2.24, 2.45) is 0 Å². The van der Waals surface area contributed by atoms with Crippen molar-refractivity contribution in [1.82, 2.24) is 0 Å². The van der Waals surface area contributed by atoms with E-state index in [-0.39, 0.29) is 16.9 Å². The minimum Gasteiger partial charge on any atom is -0.508 e. The highest BCUT2D eigenvalue weighted by atomic mass is 16.3. The molecule has 0 atom stereocenters. The lowest BCUT2D eigenvalue weighted by Crippen LogP contribution is -1.95. The van der Waals surface area contributed by atoms with Crippen LogP contribution in [0.5, 0.6) is 17.2 Å². The maximum absolute atomic E-state index is 11.9. The number of benzene rings is 1. The first-order chi connectivity index (χ1) is 9.99. The van der Waals surface area contributed by atoms with Crippen molar-refractivity contribution in [3.8, 4) is 17.2 Å². The molecule has 0 aliphatic carbocycles. The van der Waals surface area contributed by atoms with E-state index in [1.807, 2.05) is 0 Å². The molecule has 1 aromatic rings. The Morgan fingerprint density at radius 1 is 1.19 bits per heavy atom. The zero-order chi connectivity index (χ0) is 15.8. The summed E-state index contributed by atoms with van der Waals surface area (Å²) in [6, 6.07) is 1.12. The van der Waals surface area contributed by atoms with E-state index in [2.05, 4.69) is 18.4 Å². The second-order valence-electron chi connectivity index (χ2n) is 4.76. The van der Waals surface area contributed by atoms with Crippen molar-refractivity contribution in [2.75, 3.05) is 0 Å². The number of carbonyl (C=O) groups excluding carboxylic acids is 1. The lowest BCUT2D eigenvalue weighted by Gasteiger charge is -2.07. The predicted octanol–water partition coefficient (Wildman–Crippen LogP) is 3.74. The van der Waals surface area contributed by atoms with Gasteiger partial charge in [0.25, 0.3) is 0 Å². The summed E-state index contributed by atoms with van der Waals surface area (Å²) in [5.41, 5.74) is 5.29. The fourth-order valence-corrected chi connectivity index (χ4v) is 1.74. The monoisotopic (exact) mass is 288 g/mol. The summed E-state index contributed by atoms with van der Waals surface area (Å²) in [6.07, 6.45) is 7.14. The summed E-state index contributed by atoms with van der Waals surface area (Å²) in [5.74, 6) is -1.85. The molecule has 0 fully saturated rings. The van der Waals surface area contributed by atoms with Crippen molar-refractivity contribution in [3.63, 3.8) is 0 Å². The summed E-state index contributed by atoms with van der Waals surface area (Å²) < 4.78 is 0. The Morgan fingerprint density at radius 2 is 1.90 bits per heavy atom. The maximum atomic E-state index is 11.9. The molecule has 1 rings (SSSR count). The van der Waals surface area contributed by atoms with Crippen molar-refractivity contribution in [3.05, 3.63) is 40.8 Å². The molecule has 21 heavy (non-hydrogen) atoms. The quantitative estimate of drug-likeness (QED) is 0.186. The minimum atomic E-state index is -0.562. The van der Waals surface area contributed by atoms with Crippen LogP contribution in [0, 0.1) is 6.92 Å². The molecule has 0 amide bonds. The molecule has 0 aliphatic rings. The van der Waals surface area contributed by atoms with E-state index in [1.165, 1.54) is 6.92 Å². The Kier molecular flexibility index (Phi) is 6.35. The van der Waals surface area contributed by atoms with E-state index in [9.17, 15) is 20.1 Å². The molecule has 4 nitrogen and oxygen atoms in total. The van der Waals surface area contributed by atoms with E-state index in [0.717, 1.165) is 37.8 Å². The number of carbonyl (C=O) groups is 1. The van der Waals surface area contributed by atoms with E-state index in [4.69, 9.17) is 0 Å². The van der Waals surface area contributed by atoms with E-state index in [1.54, 1.807) is 6.08 Å². The number of aromatic hydroxyl groups is 3. The average Bonchev–Trinajstić information content (AvgIpc) is 2.47. The molecule has 0 spiro atoms. The van der Waals surface area contributed by atoms with Gasteiger partial charge in [-0.05, 0) is 31.9 Å². The first-order valence-corrected chi connectivity index (χ1v) is 6.93. The second-order valence-corrected chi connectivity index (χ2v) is 4.76.